The van der Waals surface area contributed by atoms with E-state index in [1.807, 2.05) is 6.92 Å². The highest BCUT2D eigenvalue weighted by Crippen LogP contribution is 2.25. The van der Waals surface area contributed by atoms with Gasteiger partial charge in [0.15, 0.2) is 0 Å². The number of aromatic amines is 1. The van der Waals surface area contributed by atoms with Crippen LogP contribution >= 0.6 is 11.8 Å². The number of nitro benzene ring substituents is 1. The average Bonchev–Trinajstić information content (AvgIpc) is 2.94. The lowest BCUT2D eigenvalue weighted by Crippen LogP contribution is -2.23. The van der Waals surface area contributed by atoms with Crippen molar-refractivity contribution < 1.29 is 14.8 Å². The fraction of sp³-hybridized carbons (Fsp3) is 0.154. The highest BCUT2D eigenvalue weighted by atomic mass is 32.2. The molecule has 1 aromatic carbocycles. The number of carbonyl (C=O) groups excluding carboxylic acids is 1. The van der Waals surface area contributed by atoms with Gasteiger partial charge in [-0.15, -0.1) is 5.10 Å². The van der Waals surface area contributed by atoms with E-state index in [9.17, 15) is 20.0 Å². The molecule has 114 valence electrons. The number of non-ortho nitro benzene ring substituents is 1. The number of carboxylic acids is 1. The molecule has 1 N–H and O–H groups in total. The zero-order chi connectivity index (χ0) is 16.1. The molecule has 2 rings (SSSR count). The number of aliphatic carboxylic acids is 1. The third-order valence-electron chi connectivity index (χ3n) is 2.65. The van der Waals surface area contributed by atoms with Gasteiger partial charge >= 0.3 is 0 Å². The molecule has 1 aromatic heterocycles. The zero-order valence-electron chi connectivity index (χ0n) is 11.5. The van der Waals surface area contributed by atoms with Crippen LogP contribution in [0.3, 0.4) is 0 Å². The van der Waals surface area contributed by atoms with Crippen LogP contribution in [0.1, 0.15) is 18.3 Å². The van der Waals surface area contributed by atoms with Crippen LogP contribution in [0, 0.1) is 10.1 Å². The van der Waals surface area contributed by atoms with Gasteiger partial charge in [-0.25, -0.2) is 4.98 Å². The van der Waals surface area contributed by atoms with Gasteiger partial charge < -0.3 is 9.90 Å². The van der Waals surface area contributed by atoms with Gasteiger partial charge in [-0.05, 0) is 35.5 Å². The van der Waals surface area contributed by atoms with E-state index < -0.39 is 10.9 Å². The Labute approximate surface area is 129 Å². The van der Waals surface area contributed by atoms with Gasteiger partial charge in [0, 0.05) is 23.5 Å². The quantitative estimate of drug-likeness (QED) is 0.366. The standard InChI is InChI=1S/C13H12N4O4S/c1-2-11-14-13(16-15-11)22-10(12(18)19)7-8-3-5-9(6-4-8)17(20)21/h3-7H,2H2,1H3,(H,18,19)(H,14,15,16)/p-1/b10-7+. The van der Waals surface area contributed by atoms with Crippen molar-refractivity contribution in [3.8, 4) is 0 Å². The van der Waals surface area contributed by atoms with Gasteiger partial charge in [-0.2, -0.15) is 0 Å². The van der Waals surface area contributed by atoms with Crippen LogP contribution in [0.15, 0.2) is 34.3 Å². The maximum absolute atomic E-state index is 11.2. The molecular formula is C13H11N4O4S-. The Morgan fingerprint density at radius 2 is 2.09 bits per heavy atom. The molecule has 0 aliphatic rings. The first-order chi connectivity index (χ1) is 10.5. The number of carboxylic acid groups (broad SMARTS) is 1. The number of nitrogens with one attached hydrogen (secondary N) is 1. The maximum atomic E-state index is 11.2. The Bertz CT molecular complexity index is 724. The minimum atomic E-state index is -1.37. The predicted molar refractivity (Wildman–Crippen MR) is 77.7 cm³/mol. The van der Waals surface area contributed by atoms with Crippen molar-refractivity contribution in [3.63, 3.8) is 0 Å². The molecule has 2 aromatic rings. The van der Waals surface area contributed by atoms with E-state index in [-0.39, 0.29) is 15.7 Å². The Hall–Kier alpha value is -2.68. The minimum Gasteiger partial charge on any atom is -0.544 e. The summed E-state index contributed by atoms with van der Waals surface area (Å²) in [6.07, 6.45) is 2.01. The number of nitrogens with zero attached hydrogens (tertiary/aromatic N) is 3. The van der Waals surface area contributed by atoms with E-state index in [0.29, 0.717) is 17.8 Å². The summed E-state index contributed by atoms with van der Waals surface area (Å²) in [6, 6.07) is 5.50. The van der Waals surface area contributed by atoms with Crippen molar-refractivity contribution in [1.82, 2.24) is 15.2 Å². The van der Waals surface area contributed by atoms with Gasteiger partial charge in [0.05, 0.1) is 10.9 Å². The lowest BCUT2D eigenvalue weighted by atomic mass is 10.2. The monoisotopic (exact) mass is 319 g/mol. The number of hydrogen-bond donors (Lipinski definition) is 1. The number of benzene rings is 1. The molecule has 22 heavy (non-hydrogen) atoms. The summed E-state index contributed by atoms with van der Waals surface area (Å²) >= 11 is 0.850. The number of hydrogen-bond acceptors (Lipinski definition) is 7. The maximum Gasteiger partial charge on any atom is 0.269 e. The normalized spacial score (nSPS) is 11.4. The van der Waals surface area contributed by atoms with Gasteiger partial charge in [0.1, 0.15) is 5.82 Å². The summed E-state index contributed by atoms with van der Waals surface area (Å²) in [5.41, 5.74) is 0.435. The van der Waals surface area contributed by atoms with Crippen molar-refractivity contribution in [3.05, 3.63) is 50.7 Å². The summed E-state index contributed by atoms with van der Waals surface area (Å²) in [6.45, 7) is 1.89. The molecule has 0 radical (unpaired) electrons. The Morgan fingerprint density at radius 1 is 1.41 bits per heavy atom. The van der Waals surface area contributed by atoms with Gasteiger partial charge in [-0.1, -0.05) is 6.92 Å². The summed E-state index contributed by atoms with van der Waals surface area (Å²) in [4.78, 5) is 25.3. The molecule has 8 nitrogen and oxygen atoms in total. The van der Waals surface area contributed by atoms with Gasteiger partial charge in [-0.3, -0.25) is 15.2 Å². The van der Waals surface area contributed by atoms with Crippen LogP contribution < -0.4 is 5.11 Å². The Morgan fingerprint density at radius 3 is 2.59 bits per heavy atom. The molecule has 0 aliphatic heterocycles. The van der Waals surface area contributed by atoms with E-state index in [1.165, 1.54) is 30.3 Å². The molecule has 9 heteroatoms. The molecule has 0 aliphatic carbocycles. The van der Waals surface area contributed by atoms with E-state index >= 15 is 0 Å². The molecule has 0 saturated heterocycles. The lowest BCUT2D eigenvalue weighted by molar-refractivity contribution is -0.384. The molecule has 0 amide bonds. The first-order valence-corrected chi connectivity index (χ1v) is 7.08. The van der Waals surface area contributed by atoms with Crippen molar-refractivity contribution in [2.45, 2.75) is 18.5 Å². The highest BCUT2D eigenvalue weighted by Gasteiger charge is 2.09. The Kier molecular flexibility index (Phi) is 4.89. The van der Waals surface area contributed by atoms with E-state index in [4.69, 9.17) is 0 Å². The lowest BCUT2D eigenvalue weighted by Gasteiger charge is -2.05. The second-order valence-corrected chi connectivity index (χ2v) is 5.17. The van der Waals surface area contributed by atoms with E-state index in [2.05, 4.69) is 15.2 Å². The second kappa shape index (κ2) is 6.85. The molecular weight excluding hydrogens is 308 g/mol. The smallest absolute Gasteiger partial charge is 0.269 e. The van der Waals surface area contributed by atoms with E-state index in [1.54, 1.807) is 0 Å². The molecule has 0 saturated carbocycles. The molecule has 0 spiro atoms. The highest BCUT2D eigenvalue weighted by molar-refractivity contribution is 8.04. The van der Waals surface area contributed by atoms with Crippen LogP contribution in [0.5, 0.6) is 0 Å². The number of H-pyrrole nitrogens is 1. The summed E-state index contributed by atoms with van der Waals surface area (Å²) in [5.74, 6) is -0.721. The van der Waals surface area contributed by atoms with Crippen LogP contribution in [0.4, 0.5) is 5.69 Å². The molecule has 0 fully saturated rings. The number of carbonyl (C=O) groups is 1. The van der Waals surface area contributed by atoms with Crippen LogP contribution in [-0.4, -0.2) is 26.1 Å². The van der Waals surface area contributed by atoms with E-state index in [0.717, 1.165) is 11.8 Å². The van der Waals surface area contributed by atoms with Gasteiger partial charge in [0.2, 0.25) is 5.16 Å². The van der Waals surface area contributed by atoms with Crippen molar-refractivity contribution in [1.29, 1.82) is 0 Å². The van der Waals surface area contributed by atoms with Crippen LogP contribution in [0.25, 0.3) is 6.08 Å². The van der Waals surface area contributed by atoms with Crippen molar-refractivity contribution >= 4 is 29.5 Å². The van der Waals surface area contributed by atoms with Gasteiger partial charge in [0.25, 0.3) is 5.69 Å². The molecule has 1 heterocycles. The summed E-state index contributed by atoms with van der Waals surface area (Å²) < 4.78 is 0. The third-order valence-corrected chi connectivity index (χ3v) is 3.52. The molecule has 0 atom stereocenters. The average molecular weight is 319 g/mol. The Balaban J connectivity index is 2.22. The van der Waals surface area contributed by atoms with Crippen LogP contribution in [0.2, 0.25) is 0 Å². The first-order valence-electron chi connectivity index (χ1n) is 6.26. The zero-order valence-corrected chi connectivity index (χ0v) is 12.3. The number of rotatable bonds is 6. The number of nitro groups is 1. The topological polar surface area (TPSA) is 125 Å². The number of aryl methyl sites for hydroxylation is 1. The fourth-order valence-electron chi connectivity index (χ4n) is 1.55. The van der Waals surface area contributed by atoms with Crippen molar-refractivity contribution in [2.24, 2.45) is 0 Å². The SMILES string of the molecule is CCc1nc(S/C(=C/c2ccc([N+](=O)[O-])cc2)C(=O)[O-])n[nH]1. The summed E-state index contributed by atoms with van der Waals surface area (Å²) in [7, 11) is 0. The third kappa shape index (κ3) is 3.92. The van der Waals surface area contributed by atoms with Crippen molar-refractivity contribution in [2.75, 3.05) is 0 Å². The molecule has 0 bridgehead atoms. The summed E-state index contributed by atoms with van der Waals surface area (Å²) in [5, 5.41) is 28.6. The number of aromatic nitrogens is 3. The minimum absolute atomic E-state index is 0.0682. The van der Waals surface area contributed by atoms with Crippen LogP contribution in [-0.2, 0) is 11.2 Å². The predicted octanol–water partition coefficient (Wildman–Crippen LogP) is 1.16. The number of thioether (sulfide) groups is 1. The first kappa shape index (κ1) is 15.7. The largest absolute Gasteiger partial charge is 0.544 e. The second-order valence-electron chi connectivity index (χ2n) is 4.16. The fourth-order valence-corrected chi connectivity index (χ4v) is 2.28. The molecule has 0 unspecified atom stereocenters.